The predicted octanol–water partition coefficient (Wildman–Crippen LogP) is 19.8. The Morgan fingerprint density at radius 1 is 0.457 bits per heavy atom. The highest BCUT2D eigenvalue weighted by Crippen LogP contribution is 2.37. The van der Waals surface area contributed by atoms with Crippen LogP contribution in [0.1, 0.15) is 110 Å². The summed E-state index contributed by atoms with van der Waals surface area (Å²) in [4.78, 5) is 35.3. The van der Waals surface area contributed by atoms with E-state index in [2.05, 4.69) is 104 Å². The number of imidazole rings is 3. The number of hydrogen-bond acceptors (Lipinski definition) is 7. The van der Waals surface area contributed by atoms with E-state index in [4.69, 9.17) is 4.98 Å². The summed E-state index contributed by atoms with van der Waals surface area (Å²) in [6, 6.07) is 59.7. The lowest BCUT2D eigenvalue weighted by atomic mass is 9.86. The van der Waals surface area contributed by atoms with Gasteiger partial charge in [-0.25, -0.2) is 19.7 Å². The normalized spacial score (nSPS) is 12.3. The first kappa shape index (κ1) is 66.6. The molecular formula is C77H71F6N7O4. The van der Waals surface area contributed by atoms with Crippen LogP contribution in [0, 0.1) is 0 Å². The van der Waals surface area contributed by atoms with Crippen LogP contribution in [-0.2, 0) is 46.5 Å². The fourth-order valence-corrected chi connectivity index (χ4v) is 10.8. The molecule has 1 amide bonds. The van der Waals surface area contributed by atoms with Gasteiger partial charge in [0, 0.05) is 12.0 Å². The average Bonchev–Trinajstić information content (AvgIpc) is 1.47. The average molecular weight is 1270 g/mol. The van der Waals surface area contributed by atoms with E-state index in [9.17, 15) is 41.4 Å². The molecule has 0 aliphatic rings. The molecule has 12 aromatic rings. The molecule has 0 atom stereocenters. The molecule has 0 saturated heterocycles. The van der Waals surface area contributed by atoms with Gasteiger partial charge in [-0.15, -0.1) is 0 Å². The number of methoxy groups -OCH3 is 1. The number of halogens is 6. The zero-order chi connectivity index (χ0) is 67.2. The number of hydrogen-bond donors (Lipinski definition) is 6. The quantitative estimate of drug-likeness (QED) is 0.0626. The summed E-state index contributed by atoms with van der Waals surface area (Å²) in [5.74, 6) is 2.17. The molecule has 480 valence electrons. The molecular weight excluding hydrogens is 1200 g/mol. The molecule has 0 aliphatic carbocycles. The van der Waals surface area contributed by atoms with Gasteiger partial charge >= 0.3 is 18.4 Å². The van der Waals surface area contributed by atoms with Gasteiger partial charge in [-0.1, -0.05) is 166 Å². The van der Waals surface area contributed by atoms with E-state index in [1.54, 1.807) is 44.2 Å². The topological polar surface area (TPSA) is 165 Å². The molecule has 11 nitrogen and oxygen atoms in total. The standard InChI is InChI=1S/C28H32N2O.C25H21F3N2O.C24H18F3N3O2/c1-27(2,3)21-14-10-19(11-15-21)12-17-26-29-24-16-13-20(18-25(24)30-26)22-8-6-7-9-23(22)28(4,5)31;1-24(2,31)20-6-4-3-5-19(20)17-10-13-21-22(15-17)30-23(29-21)14-9-16-7-11-18(12-8-16)25(26,27)28;1-32-23(31)30-19-5-3-2-4-18(19)16-9-12-20-21(14-16)29-22(28-20)13-8-15-6-10-17(11-7-15)24(25,26)27/h6-11,13-16,18,31H,12,17H2,1-5H3,(H,29,30);3-15,31H,1-2H3,(H,29,30);2-14H,1H3,(H,28,29)(H,30,31)/b;14-9+;13-8+. The maximum Gasteiger partial charge on any atom is 0.416 e. The van der Waals surface area contributed by atoms with E-state index in [-0.39, 0.29) is 5.41 Å². The van der Waals surface area contributed by atoms with Crippen LogP contribution in [0.2, 0.25) is 0 Å². The molecule has 0 aliphatic heterocycles. The molecule has 0 bridgehead atoms. The molecule has 6 N–H and O–H groups in total. The molecule has 3 aromatic heterocycles. The first-order valence-corrected chi connectivity index (χ1v) is 30.4. The van der Waals surface area contributed by atoms with Crippen LogP contribution in [0.4, 0.5) is 36.8 Å². The number of ether oxygens (including phenoxy) is 1. The van der Waals surface area contributed by atoms with Crippen molar-refractivity contribution in [2.75, 3.05) is 12.4 Å². The highest BCUT2D eigenvalue weighted by atomic mass is 19.4. The van der Waals surface area contributed by atoms with Crippen LogP contribution in [0.5, 0.6) is 0 Å². The van der Waals surface area contributed by atoms with Crippen molar-refractivity contribution >= 4 is 69.2 Å². The maximum atomic E-state index is 12.7. The van der Waals surface area contributed by atoms with Crippen molar-refractivity contribution in [1.82, 2.24) is 29.9 Å². The molecule has 94 heavy (non-hydrogen) atoms. The van der Waals surface area contributed by atoms with Crippen LogP contribution in [0.3, 0.4) is 0 Å². The number of aliphatic hydroxyl groups is 2. The number of anilines is 1. The summed E-state index contributed by atoms with van der Waals surface area (Å²) < 4.78 is 80.8. The number of benzene rings is 9. The third-order valence-electron chi connectivity index (χ3n) is 15.8. The summed E-state index contributed by atoms with van der Waals surface area (Å²) >= 11 is 0. The second-order valence-electron chi connectivity index (χ2n) is 24.8. The molecule has 0 fully saturated rings. The number of carbonyl (C=O) groups is 1. The third-order valence-corrected chi connectivity index (χ3v) is 15.8. The Labute approximate surface area is 541 Å². The number of alkyl halides is 6. The molecule has 0 saturated carbocycles. The van der Waals surface area contributed by atoms with Crippen molar-refractivity contribution in [2.24, 2.45) is 0 Å². The van der Waals surface area contributed by atoms with Gasteiger partial charge in [0.25, 0.3) is 0 Å². The van der Waals surface area contributed by atoms with E-state index in [1.807, 2.05) is 111 Å². The SMILES string of the molecule is CC(C)(C)c1ccc(CCc2nc3ccc(-c4ccccc4C(C)(C)O)cc3[nH]2)cc1.CC(C)(O)c1ccccc1-c1ccc2nc(/C=C/c3ccc(C(F)(F)F)cc3)[nH]c2c1.COC(=O)Nc1ccccc1-c1ccc2nc(/C=C/c3ccc(C(F)(F)F)cc3)[nH]c2c1. The van der Waals surface area contributed by atoms with Crippen LogP contribution in [-0.4, -0.2) is 53.3 Å². The monoisotopic (exact) mass is 1270 g/mol. The summed E-state index contributed by atoms with van der Waals surface area (Å²) in [7, 11) is 1.30. The van der Waals surface area contributed by atoms with Gasteiger partial charge in [-0.2, -0.15) is 26.3 Å². The second-order valence-corrected chi connectivity index (χ2v) is 24.8. The van der Waals surface area contributed by atoms with Gasteiger partial charge in [0.2, 0.25) is 0 Å². The molecule has 0 radical (unpaired) electrons. The van der Waals surface area contributed by atoms with Crippen molar-refractivity contribution in [3.05, 3.63) is 262 Å². The number of H-pyrrole nitrogens is 3. The summed E-state index contributed by atoms with van der Waals surface area (Å²) in [6.07, 6.45) is -0.598. The minimum absolute atomic E-state index is 0.179. The van der Waals surface area contributed by atoms with E-state index >= 15 is 0 Å². The van der Waals surface area contributed by atoms with E-state index in [0.717, 1.165) is 121 Å². The van der Waals surface area contributed by atoms with Crippen molar-refractivity contribution in [3.8, 4) is 33.4 Å². The number of para-hydroxylation sites is 1. The van der Waals surface area contributed by atoms with Crippen molar-refractivity contribution < 1.29 is 46.1 Å². The minimum Gasteiger partial charge on any atom is -0.453 e. The first-order valence-electron chi connectivity index (χ1n) is 30.4. The number of aromatic amines is 3. The number of nitrogens with one attached hydrogen (secondary N) is 4. The minimum atomic E-state index is -4.36. The maximum absolute atomic E-state index is 12.7. The Bertz CT molecular complexity index is 4670. The summed E-state index contributed by atoms with van der Waals surface area (Å²) in [5.41, 5.74) is 14.1. The molecule has 0 spiro atoms. The lowest BCUT2D eigenvalue weighted by Crippen LogP contribution is -2.16. The summed E-state index contributed by atoms with van der Waals surface area (Å²) in [5, 5.41) is 23.8. The Morgan fingerprint density at radius 2 is 0.851 bits per heavy atom. The second kappa shape index (κ2) is 27.5. The van der Waals surface area contributed by atoms with Crippen molar-refractivity contribution in [2.45, 2.75) is 90.3 Å². The molecule has 9 aromatic carbocycles. The summed E-state index contributed by atoms with van der Waals surface area (Å²) in [6.45, 7) is 13.9. The number of amides is 1. The highest BCUT2D eigenvalue weighted by molar-refractivity contribution is 5.94. The zero-order valence-corrected chi connectivity index (χ0v) is 53.1. The van der Waals surface area contributed by atoms with Crippen LogP contribution in [0.25, 0.3) is 90.8 Å². The van der Waals surface area contributed by atoms with Gasteiger partial charge in [0.05, 0.1) is 68.2 Å². The Balaban J connectivity index is 0.000000154. The molecule has 12 rings (SSSR count). The number of rotatable bonds is 13. The Morgan fingerprint density at radius 3 is 1.28 bits per heavy atom. The smallest absolute Gasteiger partial charge is 0.416 e. The van der Waals surface area contributed by atoms with Crippen LogP contribution < -0.4 is 5.32 Å². The molecule has 0 unspecified atom stereocenters. The number of nitrogens with zero attached hydrogens (tertiary/aromatic N) is 3. The number of fused-ring (bicyclic) bond motifs is 3. The Hall–Kier alpha value is -10.4. The largest absolute Gasteiger partial charge is 0.453 e. The van der Waals surface area contributed by atoms with Gasteiger partial charge in [-0.3, -0.25) is 5.32 Å². The highest BCUT2D eigenvalue weighted by Gasteiger charge is 2.31. The fraction of sp³-hybridized carbons (Fsp3) is 0.195. The predicted molar refractivity (Wildman–Crippen MR) is 364 cm³/mol. The zero-order valence-electron chi connectivity index (χ0n) is 53.1. The van der Waals surface area contributed by atoms with Gasteiger partial charge in [0.1, 0.15) is 17.5 Å². The number of aromatic nitrogens is 6. The lowest BCUT2D eigenvalue weighted by molar-refractivity contribution is -0.138. The number of aryl methyl sites for hydroxylation is 2. The lowest BCUT2D eigenvalue weighted by Gasteiger charge is -2.21. The molecule has 17 heteroatoms. The fourth-order valence-electron chi connectivity index (χ4n) is 10.8. The van der Waals surface area contributed by atoms with E-state index in [0.29, 0.717) is 28.5 Å². The van der Waals surface area contributed by atoms with Crippen molar-refractivity contribution in [3.63, 3.8) is 0 Å². The van der Waals surface area contributed by atoms with Gasteiger partial charge in [0.15, 0.2) is 0 Å². The van der Waals surface area contributed by atoms with Gasteiger partial charge < -0.3 is 29.9 Å². The van der Waals surface area contributed by atoms with E-state index in [1.165, 1.54) is 42.5 Å². The van der Waals surface area contributed by atoms with Crippen molar-refractivity contribution in [1.29, 1.82) is 0 Å². The number of carbonyl (C=O) groups excluding carboxylic acids is 1. The Kier molecular flexibility index (Phi) is 19.4. The third kappa shape index (κ3) is 16.6. The van der Waals surface area contributed by atoms with Gasteiger partial charge in [-0.05, 0) is 180 Å². The van der Waals surface area contributed by atoms with E-state index < -0.39 is 40.8 Å². The van der Waals surface area contributed by atoms with Crippen LogP contribution >= 0.6 is 0 Å². The molecule has 3 heterocycles. The van der Waals surface area contributed by atoms with Crippen LogP contribution in [0.15, 0.2) is 200 Å². The first-order chi connectivity index (χ1) is 44.5.